The average molecular weight is 461 g/mol. The van der Waals surface area contributed by atoms with Gasteiger partial charge >= 0.3 is 0 Å². The van der Waals surface area contributed by atoms with Crippen LogP contribution in [0.1, 0.15) is 24.3 Å². The molecule has 2 aromatic carbocycles. The van der Waals surface area contributed by atoms with Gasteiger partial charge in [-0.15, -0.1) is 11.8 Å². The number of carbonyl (C=O) groups excluding carboxylic acids is 2. The summed E-state index contributed by atoms with van der Waals surface area (Å²) in [5.74, 6) is 2.68. The normalized spacial score (nSPS) is 15.4. The van der Waals surface area contributed by atoms with E-state index in [1.165, 1.54) is 6.92 Å². The summed E-state index contributed by atoms with van der Waals surface area (Å²) in [5.41, 5.74) is 1.60. The standard InChI is InChI=1S/C23H28N2O6S/c1-15(26)24-17-7-5-8-18(13-17)31-10-6-9-25-21(27)14-32-23(25)16-11-19(28-2)22(30-4)20(12-16)29-3/h5,7-8,11-13,23H,6,9-10,14H2,1-4H3,(H,24,26). The molecule has 2 aromatic rings. The number of methoxy groups -OCH3 is 3. The summed E-state index contributed by atoms with van der Waals surface area (Å²) in [6, 6.07) is 11.0. The Morgan fingerprint density at radius 1 is 1.12 bits per heavy atom. The van der Waals surface area contributed by atoms with Crippen molar-refractivity contribution in [2.45, 2.75) is 18.7 Å². The van der Waals surface area contributed by atoms with Crippen LogP contribution in [0.3, 0.4) is 0 Å². The van der Waals surface area contributed by atoms with Crippen LogP contribution in [0.5, 0.6) is 23.0 Å². The maximum Gasteiger partial charge on any atom is 0.233 e. The molecule has 172 valence electrons. The molecule has 1 N–H and O–H groups in total. The van der Waals surface area contributed by atoms with E-state index in [4.69, 9.17) is 18.9 Å². The fourth-order valence-electron chi connectivity index (χ4n) is 3.51. The van der Waals surface area contributed by atoms with Gasteiger partial charge in [0.25, 0.3) is 0 Å². The van der Waals surface area contributed by atoms with Gasteiger partial charge in [0.1, 0.15) is 11.1 Å². The topological polar surface area (TPSA) is 86.3 Å². The lowest BCUT2D eigenvalue weighted by Crippen LogP contribution is -2.30. The molecule has 1 aliphatic rings. The molecule has 2 amide bonds. The van der Waals surface area contributed by atoms with Crippen LogP contribution in [0.4, 0.5) is 5.69 Å². The van der Waals surface area contributed by atoms with Crippen molar-refractivity contribution >= 4 is 29.3 Å². The lowest BCUT2D eigenvalue weighted by Gasteiger charge is -2.25. The molecule has 0 spiro atoms. The van der Waals surface area contributed by atoms with Crippen molar-refractivity contribution in [3.8, 4) is 23.0 Å². The number of hydrogen-bond acceptors (Lipinski definition) is 7. The van der Waals surface area contributed by atoms with Gasteiger partial charge < -0.3 is 29.2 Å². The van der Waals surface area contributed by atoms with Gasteiger partial charge in [0.15, 0.2) is 11.5 Å². The number of carbonyl (C=O) groups is 2. The maximum absolute atomic E-state index is 12.5. The van der Waals surface area contributed by atoms with Crippen LogP contribution in [-0.4, -0.2) is 56.9 Å². The molecule has 0 aromatic heterocycles. The van der Waals surface area contributed by atoms with E-state index in [1.54, 1.807) is 45.2 Å². The zero-order chi connectivity index (χ0) is 23.1. The fraction of sp³-hybridized carbons (Fsp3) is 0.391. The Kier molecular flexibility index (Phi) is 8.10. The van der Waals surface area contributed by atoms with E-state index in [0.29, 0.717) is 54.0 Å². The highest BCUT2D eigenvalue weighted by Gasteiger charge is 2.33. The minimum Gasteiger partial charge on any atom is -0.493 e. The number of anilines is 1. The number of rotatable bonds is 10. The number of nitrogens with zero attached hydrogens (tertiary/aromatic N) is 1. The Labute approximate surface area is 192 Å². The van der Waals surface area contributed by atoms with Crippen molar-refractivity contribution < 1.29 is 28.5 Å². The average Bonchev–Trinajstić information content (AvgIpc) is 3.15. The van der Waals surface area contributed by atoms with Crippen LogP contribution in [0.2, 0.25) is 0 Å². The first-order valence-electron chi connectivity index (χ1n) is 10.2. The number of thioether (sulfide) groups is 1. The van der Waals surface area contributed by atoms with Gasteiger partial charge in [0.05, 0.1) is 33.7 Å². The molecular weight excluding hydrogens is 432 g/mol. The number of amides is 2. The van der Waals surface area contributed by atoms with Crippen LogP contribution >= 0.6 is 11.8 Å². The van der Waals surface area contributed by atoms with Gasteiger partial charge in [-0.3, -0.25) is 9.59 Å². The molecule has 1 aliphatic heterocycles. The Hall–Kier alpha value is -3.07. The monoisotopic (exact) mass is 460 g/mol. The zero-order valence-electron chi connectivity index (χ0n) is 18.7. The van der Waals surface area contributed by atoms with Gasteiger partial charge in [0.2, 0.25) is 17.6 Å². The van der Waals surface area contributed by atoms with Crippen LogP contribution in [0, 0.1) is 0 Å². The van der Waals surface area contributed by atoms with Gasteiger partial charge in [-0.25, -0.2) is 0 Å². The van der Waals surface area contributed by atoms with E-state index >= 15 is 0 Å². The Balaban J connectivity index is 1.64. The first-order chi connectivity index (χ1) is 15.5. The first kappa shape index (κ1) is 23.6. The van der Waals surface area contributed by atoms with Crippen LogP contribution < -0.4 is 24.3 Å². The molecule has 8 nitrogen and oxygen atoms in total. The summed E-state index contributed by atoms with van der Waals surface area (Å²) in [6.07, 6.45) is 0.664. The molecule has 0 aliphatic carbocycles. The third kappa shape index (κ3) is 5.59. The van der Waals surface area contributed by atoms with E-state index in [2.05, 4.69) is 5.32 Å². The van der Waals surface area contributed by atoms with Crippen molar-refractivity contribution in [3.63, 3.8) is 0 Å². The molecule has 1 atom stereocenters. The summed E-state index contributed by atoms with van der Waals surface area (Å²) < 4.78 is 22.1. The van der Waals surface area contributed by atoms with Crippen LogP contribution in [-0.2, 0) is 9.59 Å². The first-order valence-corrected chi connectivity index (χ1v) is 11.2. The highest BCUT2D eigenvalue weighted by atomic mass is 32.2. The summed E-state index contributed by atoms with van der Waals surface area (Å²) >= 11 is 1.57. The van der Waals surface area contributed by atoms with E-state index in [1.807, 2.05) is 29.2 Å². The van der Waals surface area contributed by atoms with E-state index in [-0.39, 0.29) is 17.2 Å². The molecule has 0 saturated carbocycles. The lowest BCUT2D eigenvalue weighted by molar-refractivity contribution is -0.128. The molecule has 0 bridgehead atoms. The molecule has 3 rings (SSSR count). The zero-order valence-corrected chi connectivity index (χ0v) is 19.5. The quantitative estimate of drug-likeness (QED) is 0.541. The third-order valence-corrected chi connectivity index (χ3v) is 6.16. The van der Waals surface area contributed by atoms with E-state index < -0.39 is 0 Å². The van der Waals surface area contributed by atoms with Crippen molar-refractivity contribution in [3.05, 3.63) is 42.0 Å². The largest absolute Gasteiger partial charge is 0.493 e. The van der Waals surface area contributed by atoms with Gasteiger partial charge in [-0.05, 0) is 36.2 Å². The maximum atomic E-state index is 12.5. The third-order valence-electron chi connectivity index (χ3n) is 4.91. The molecule has 32 heavy (non-hydrogen) atoms. The van der Waals surface area contributed by atoms with Crippen molar-refractivity contribution in [2.24, 2.45) is 0 Å². The second kappa shape index (κ2) is 11.0. The smallest absolute Gasteiger partial charge is 0.233 e. The minimum absolute atomic E-state index is 0.0846. The van der Waals surface area contributed by atoms with Gasteiger partial charge in [0, 0.05) is 25.2 Å². The summed E-state index contributed by atoms with van der Waals surface area (Å²) in [5, 5.41) is 2.59. The summed E-state index contributed by atoms with van der Waals surface area (Å²) in [6.45, 7) is 2.46. The molecule has 1 saturated heterocycles. The minimum atomic E-state index is -0.140. The molecular formula is C23H28N2O6S. The van der Waals surface area contributed by atoms with Crippen molar-refractivity contribution in [1.29, 1.82) is 0 Å². The predicted molar refractivity (Wildman–Crippen MR) is 124 cm³/mol. The van der Waals surface area contributed by atoms with Crippen LogP contribution in [0.25, 0.3) is 0 Å². The Bertz CT molecular complexity index is 942. The summed E-state index contributed by atoms with van der Waals surface area (Å²) in [4.78, 5) is 25.6. The molecule has 1 heterocycles. The Morgan fingerprint density at radius 2 is 1.84 bits per heavy atom. The van der Waals surface area contributed by atoms with Gasteiger partial charge in [-0.2, -0.15) is 0 Å². The highest BCUT2D eigenvalue weighted by Crippen LogP contribution is 2.45. The SMILES string of the molecule is COc1cc(C2SCC(=O)N2CCCOc2cccc(NC(C)=O)c2)cc(OC)c1OC. The molecule has 1 fully saturated rings. The summed E-state index contributed by atoms with van der Waals surface area (Å²) in [7, 11) is 4.71. The number of benzene rings is 2. The van der Waals surface area contributed by atoms with Crippen molar-refractivity contribution in [2.75, 3.05) is 45.6 Å². The number of hydrogen-bond donors (Lipinski definition) is 1. The second-order valence-electron chi connectivity index (χ2n) is 7.12. The highest BCUT2D eigenvalue weighted by molar-refractivity contribution is 8.00. The molecule has 1 unspecified atom stereocenters. The predicted octanol–water partition coefficient (Wildman–Crippen LogP) is 3.71. The van der Waals surface area contributed by atoms with Crippen LogP contribution in [0.15, 0.2) is 36.4 Å². The van der Waals surface area contributed by atoms with E-state index in [9.17, 15) is 9.59 Å². The molecule has 9 heteroatoms. The van der Waals surface area contributed by atoms with Crippen molar-refractivity contribution in [1.82, 2.24) is 4.90 Å². The molecule has 0 radical (unpaired) electrons. The number of ether oxygens (including phenoxy) is 4. The Morgan fingerprint density at radius 3 is 2.47 bits per heavy atom. The lowest BCUT2D eigenvalue weighted by atomic mass is 10.1. The van der Waals surface area contributed by atoms with E-state index in [0.717, 1.165) is 5.56 Å². The number of nitrogens with one attached hydrogen (secondary N) is 1. The fourth-order valence-corrected chi connectivity index (χ4v) is 4.71. The van der Waals surface area contributed by atoms with Gasteiger partial charge in [-0.1, -0.05) is 6.07 Å². The second-order valence-corrected chi connectivity index (χ2v) is 8.19.